The van der Waals surface area contributed by atoms with Crippen LogP contribution in [-0.2, 0) is 9.59 Å². The van der Waals surface area contributed by atoms with E-state index in [9.17, 15) is 9.59 Å². The highest BCUT2D eigenvalue weighted by Gasteiger charge is 2.10. The number of hydrogen-bond acceptors (Lipinski definition) is 3. The van der Waals surface area contributed by atoms with Crippen LogP contribution in [-0.4, -0.2) is 29.6 Å². The molecule has 1 atom stereocenters. The van der Waals surface area contributed by atoms with E-state index < -0.39 is 12.0 Å². The molecule has 0 aromatic rings. The zero-order chi connectivity index (χ0) is 8.85. The van der Waals surface area contributed by atoms with E-state index in [4.69, 9.17) is 5.11 Å². The van der Waals surface area contributed by atoms with Gasteiger partial charge in [0.25, 0.3) is 0 Å². The summed E-state index contributed by atoms with van der Waals surface area (Å²) >= 11 is 2.86. The number of carboxylic acid groups (broad SMARTS) is 1. The SMILES string of the molecule is C[C@H](NBr)C(=O)NCC(=O)O. The van der Waals surface area contributed by atoms with Crippen LogP contribution >= 0.6 is 16.1 Å². The maximum atomic E-state index is 10.8. The summed E-state index contributed by atoms with van der Waals surface area (Å²) in [5.41, 5.74) is 0. The van der Waals surface area contributed by atoms with Gasteiger partial charge in [-0.2, -0.15) is 0 Å². The van der Waals surface area contributed by atoms with Gasteiger partial charge in [0.15, 0.2) is 0 Å². The maximum Gasteiger partial charge on any atom is 0.322 e. The highest BCUT2D eigenvalue weighted by atomic mass is 79.9. The van der Waals surface area contributed by atoms with Crippen LogP contribution in [0.4, 0.5) is 0 Å². The first kappa shape index (κ1) is 10.4. The van der Waals surface area contributed by atoms with Crippen molar-refractivity contribution in [2.45, 2.75) is 13.0 Å². The van der Waals surface area contributed by atoms with Gasteiger partial charge >= 0.3 is 5.97 Å². The molecular weight excluding hydrogens is 216 g/mol. The van der Waals surface area contributed by atoms with Gasteiger partial charge in [-0.3, -0.25) is 9.59 Å². The van der Waals surface area contributed by atoms with Crippen LogP contribution in [0.3, 0.4) is 0 Å². The zero-order valence-corrected chi connectivity index (χ0v) is 7.51. The molecule has 0 unspecified atom stereocenters. The first-order valence-electron chi connectivity index (χ1n) is 2.93. The van der Waals surface area contributed by atoms with Crippen LogP contribution in [0.25, 0.3) is 0 Å². The number of nitrogens with one attached hydrogen (secondary N) is 2. The van der Waals surface area contributed by atoms with Crippen molar-refractivity contribution in [2.75, 3.05) is 6.54 Å². The largest absolute Gasteiger partial charge is 0.480 e. The van der Waals surface area contributed by atoms with E-state index in [0.717, 1.165) is 0 Å². The minimum absolute atomic E-state index is 0.349. The Morgan fingerprint density at radius 3 is 2.55 bits per heavy atom. The molecule has 0 heterocycles. The van der Waals surface area contributed by atoms with E-state index in [1.165, 1.54) is 0 Å². The Balaban J connectivity index is 3.60. The molecule has 0 aliphatic rings. The van der Waals surface area contributed by atoms with Crippen molar-refractivity contribution in [3.63, 3.8) is 0 Å². The summed E-state index contributed by atoms with van der Waals surface area (Å²) in [5.74, 6) is -1.41. The lowest BCUT2D eigenvalue weighted by Gasteiger charge is -2.07. The minimum atomic E-state index is -1.06. The number of carboxylic acids is 1. The van der Waals surface area contributed by atoms with Gasteiger partial charge < -0.3 is 10.4 Å². The van der Waals surface area contributed by atoms with Gasteiger partial charge in [0.05, 0.1) is 6.04 Å². The molecule has 3 N–H and O–H groups in total. The van der Waals surface area contributed by atoms with Crippen LogP contribution < -0.4 is 9.66 Å². The third kappa shape index (κ3) is 4.74. The van der Waals surface area contributed by atoms with Gasteiger partial charge in [-0.05, 0) is 6.92 Å². The number of halogens is 1. The molecule has 0 aliphatic heterocycles. The second-order valence-corrected chi connectivity index (χ2v) is 2.40. The highest BCUT2D eigenvalue weighted by molar-refractivity contribution is 9.08. The van der Waals surface area contributed by atoms with E-state index >= 15 is 0 Å². The molecule has 6 heteroatoms. The molecule has 0 rings (SSSR count). The van der Waals surface area contributed by atoms with E-state index in [1.54, 1.807) is 6.92 Å². The van der Waals surface area contributed by atoms with E-state index in [-0.39, 0.29) is 12.5 Å². The molecule has 64 valence electrons. The van der Waals surface area contributed by atoms with Crippen LogP contribution in [0.2, 0.25) is 0 Å². The van der Waals surface area contributed by atoms with Crippen LogP contribution in [0.5, 0.6) is 0 Å². The van der Waals surface area contributed by atoms with E-state index in [2.05, 4.69) is 25.8 Å². The second kappa shape index (κ2) is 5.09. The Labute approximate surface area is 72.5 Å². The first-order chi connectivity index (χ1) is 5.07. The fraction of sp³-hybridized carbons (Fsp3) is 0.600. The van der Waals surface area contributed by atoms with Gasteiger partial charge in [-0.25, -0.2) is 4.34 Å². The molecule has 0 fully saturated rings. The van der Waals surface area contributed by atoms with Crippen molar-refractivity contribution in [3.8, 4) is 0 Å². The molecule has 0 radical (unpaired) electrons. The summed E-state index contributed by atoms with van der Waals surface area (Å²) < 4.78 is 2.50. The number of carbonyl (C=O) groups excluding carboxylic acids is 1. The number of carbonyl (C=O) groups is 2. The van der Waals surface area contributed by atoms with Crippen LogP contribution in [0.1, 0.15) is 6.92 Å². The molecule has 0 spiro atoms. The fourth-order valence-corrected chi connectivity index (χ4v) is 0.573. The Morgan fingerprint density at radius 2 is 2.18 bits per heavy atom. The smallest absolute Gasteiger partial charge is 0.322 e. The predicted octanol–water partition coefficient (Wildman–Crippen LogP) is -0.525. The molecule has 0 bridgehead atoms. The van der Waals surface area contributed by atoms with Crippen molar-refractivity contribution in [1.82, 2.24) is 9.66 Å². The average molecular weight is 225 g/mol. The summed E-state index contributed by atoms with van der Waals surface area (Å²) in [4.78, 5) is 20.8. The second-order valence-electron chi connectivity index (χ2n) is 1.94. The molecular formula is C5H9BrN2O3. The number of hydrogen-bond donors (Lipinski definition) is 3. The van der Waals surface area contributed by atoms with Gasteiger partial charge in [0, 0.05) is 16.1 Å². The van der Waals surface area contributed by atoms with Crippen LogP contribution in [0.15, 0.2) is 0 Å². The number of rotatable bonds is 4. The minimum Gasteiger partial charge on any atom is -0.480 e. The van der Waals surface area contributed by atoms with Gasteiger partial charge in [0.1, 0.15) is 6.54 Å². The number of amides is 1. The lowest BCUT2D eigenvalue weighted by Crippen LogP contribution is -2.40. The Kier molecular flexibility index (Phi) is 4.80. The average Bonchev–Trinajstić information content (AvgIpc) is 1.98. The lowest BCUT2D eigenvalue weighted by molar-refractivity contribution is -0.138. The molecule has 0 saturated heterocycles. The summed E-state index contributed by atoms with van der Waals surface area (Å²) in [6, 6.07) is -0.436. The molecule has 11 heavy (non-hydrogen) atoms. The Hall–Kier alpha value is -0.620. The van der Waals surface area contributed by atoms with Crippen molar-refractivity contribution in [3.05, 3.63) is 0 Å². The third-order valence-corrected chi connectivity index (χ3v) is 1.66. The van der Waals surface area contributed by atoms with Crippen molar-refractivity contribution >= 4 is 28.0 Å². The molecule has 5 nitrogen and oxygen atoms in total. The zero-order valence-electron chi connectivity index (χ0n) is 5.93. The quantitative estimate of drug-likeness (QED) is 0.562. The van der Waals surface area contributed by atoms with Crippen molar-refractivity contribution in [1.29, 1.82) is 0 Å². The van der Waals surface area contributed by atoms with E-state index in [1.807, 2.05) is 0 Å². The van der Waals surface area contributed by atoms with Crippen molar-refractivity contribution < 1.29 is 14.7 Å². The topological polar surface area (TPSA) is 78.4 Å². The monoisotopic (exact) mass is 224 g/mol. The Bertz CT molecular complexity index is 162. The lowest BCUT2D eigenvalue weighted by atomic mass is 10.3. The maximum absolute atomic E-state index is 10.8. The first-order valence-corrected chi connectivity index (χ1v) is 3.73. The summed E-state index contributed by atoms with van der Waals surface area (Å²) in [6.07, 6.45) is 0. The predicted molar refractivity (Wildman–Crippen MR) is 42.2 cm³/mol. The van der Waals surface area contributed by atoms with E-state index in [0.29, 0.717) is 0 Å². The molecule has 0 aromatic heterocycles. The standard InChI is InChI=1S/C5H9BrN2O3/c1-3(8-6)5(11)7-2-4(9)10/h3,8H,2H2,1H3,(H,7,11)(H,9,10)/t3-/m0/s1. The van der Waals surface area contributed by atoms with Gasteiger partial charge in [-0.15, -0.1) is 0 Å². The number of aliphatic carboxylic acids is 1. The van der Waals surface area contributed by atoms with Crippen LogP contribution in [0, 0.1) is 0 Å². The molecule has 0 aromatic carbocycles. The highest BCUT2D eigenvalue weighted by Crippen LogP contribution is 1.83. The molecule has 0 saturated carbocycles. The summed E-state index contributed by atoms with van der Waals surface area (Å²) in [6.45, 7) is 1.25. The third-order valence-electron chi connectivity index (χ3n) is 0.971. The normalized spacial score (nSPS) is 12.2. The molecule has 0 aliphatic carbocycles. The van der Waals surface area contributed by atoms with Gasteiger partial charge in [0.2, 0.25) is 5.91 Å². The fourth-order valence-electron chi connectivity index (χ4n) is 0.365. The molecule has 1 amide bonds. The summed E-state index contributed by atoms with van der Waals surface area (Å²) in [7, 11) is 0. The summed E-state index contributed by atoms with van der Waals surface area (Å²) in [5, 5.41) is 10.4. The Morgan fingerprint density at radius 1 is 1.64 bits per heavy atom. The van der Waals surface area contributed by atoms with Crippen molar-refractivity contribution in [2.24, 2.45) is 0 Å². The van der Waals surface area contributed by atoms with Gasteiger partial charge in [-0.1, -0.05) is 0 Å².